The van der Waals surface area contributed by atoms with Crippen molar-refractivity contribution in [3.05, 3.63) is 33.8 Å². The molecule has 2 heteroatoms. The third kappa shape index (κ3) is 4.80. The molecule has 84 valence electrons. The van der Waals surface area contributed by atoms with Crippen LogP contribution in [0.1, 0.15) is 31.9 Å². The maximum absolute atomic E-state index is 3.55. The smallest absolute Gasteiger partial charge is 0.0207 e. The van der Waals surface area contributed by atoms with Gasteiger partial charge in [-0.25, -0.2) is 0 Å². The molecule has 0 saturated carbocycles. The van der Waals surface area contributed by atoms with Crippen LogP contribution < -0.4 is 5.32 Å². The van der Waals surface area contributed by atoms with Gasteiger partial charge >= 0.3 is 0 Å². The molecular weight excluding hydrogens is 250 g/mol. The molecule has 0 bridgehead atoms. The largest absolute Gasteiger partial charge is 0.312 e. The highest BCUT2D eigenvalue weighted by Gasteiger charge is 2.08. The summed E-state index contributed by atoms with van der Waals surface area (Å²) in [6, 6.07) is 6.51. The van der Waals surface area contributed by atoms with Gasteiger partial charge < -0.3 is 5.32 Å². The molecule has 0 aliphatic rings. The SMILES string of the molecule is Cc1ccc(CNCC(C)(C)C)cc1Br. The minimum atomic E-state index is 0.349. The van der Waals surface area contributed by atoms with Crippen LogP contribution in [0.5, 0.6) is 0 Å². The van der Waals surface area contributed by atoms with E-state index in [1.165, 1.54) is 15.6 Å². The van der Waals surface area contributed by atoms with Gasteiger partial charge in [-0.05, 0) is 29.5 Å². The Morgan fingerprint density at radius 2 is 1.93 bits per heavy atom. The van der Waals surface area contributed by atoms with Crippen molar-refractivity contribution in [1.82, 2.24) is 5.32 Å². The van der Waals surface area contributed by atoms with Crippen LogP contribution in [-0.4, -0.2) is 6.54 Å². The van der Waals surface area contributed by atoms with Crippen LogP contribution in [0.2, 0.25) is 0 Å². The van der Waals surface area contributed by atoms with Crippen molar-refractivity contribution < 1.29 is 0 Å². The van der Waals surface area contributed by atoms with Crippen LogP contribution in [0.15, 0.2) is 22.7 Å². The van der Waals surface area contributed by atoms with Crippen LogP contribution in [0.3, 0.4) is 0 Å². The zero-order chi connectivity index (χ0) is 11.5. The summed E-state index contributed by atoms with van der Waals surface area (Å²) >= 11 is 3.55. The van der Waals surface area contributed by atoms with E-state index in [4.69, 9.17) is 0 Å². The first-order chi connectivity index (χ1) is 6.88. The van der Waals surface area contributed by atoms with Crippen LogP contribution in [0.25, 0.3) is 0 Å². The van der Waals surface area contributed by atoms with E-state index in [0.29, 0.717) is 5.41 Å². The van der Waals surface area contributed by atoms with Crippen molar-refractivity contribution in [1.29, 1.82) is 0 Å². The van der Waals surface area contributed by atoms with Gasteiger partial charge in [0.2, 0.25) is 0 Å². The number of hydrogen-bond donors (Lipinski definition) is 1. The molecule has 0 spiro atoms. The molecule has 0 unspecified atom stereocenters. The van der Waals surface area contributed by atoms with E-state index in [1.54, 1.807) is 0 Å². The van der Waals surface area contributed by atoms with E-state index >= 15 is 0 Å². The van der Waals surface area contributed by atoms with Crippen molar-refractivity contribution in [2.75, 3.05) is 6.54 Å². The molecule has 0 radical (unpaired) electrons. The molecule has 1 aromatic rings. The van der Waals surface area contributed by atoms with E-state index < -0.39 is 0 Å². The van der Waals surface area contributed by atoms with Gasteiger partial charge in [0.05, 0.1) is 0 Å². The molecule has 1 rings (SSSR count). The van der Waals surface area contributed by atoms with Gasteiger partial charge in [-0.2, -0.15) is 0 Å². The lowest BCUT2D eigenvalue weighted by Crippen LogP contribution is -2.26. The molecule has 1 N–H and O–H groups in total. The monoisotopic (exact) mass is 269 g/mol. The Morgan fingerprint density at radius 3 is 2.47 bits per heavy atom. The third-order valence-corrected chi connectivity index (χ3v) is 3.08. The fourth-order valence-corrected chi connectivity index (χ4v) is 1.75. The zero-order valence-electron chi connectivity index (χ0n) is 10.0. The molecule has 0 aromatic heterocycles. The average Bonchev–Trinajstić information content (AvgIpc) is 2.09. The van der Waals surface area contributed by atoms with Crippen LogP contribution in [0.4, 0.5) is 0 Å². The molecule has 1 aromatic carbocycles. The topological polar surface area (TPSA) is 12.0 Å². The summed E-state index contributed by atoms with van der Waals surface area (Å²) in [5, 5.41) is 3.47. The first-order valence-corrected chi connectivity index (χ1v) is 6.13. The normalized spacial score (nSPS) is 11.8. The van der Waals surface area contributed by atoms with Crippen LogP contribution in [0, 0.1) is 12.3 Å². The summed E-state index contributed by atoms with van der Waals surface area (Å²) in [6.45, 7) is 10.8. The molecule has 0 heterocycles. The number of hydrogen-bond acceptors (Lipinski definition) is 1. The Balaban J connectivity index is 2.48. The summed E-state index contributed by atoms with van der Waals surface area (Å²) in [7, 11) is 0. The summed E-state index contributed by atoms with van der Waals surface area (Å²) in [5.74, 6) is 0. The number of nitrogens with one attached hydrogen (secondary N) is 1. The fourth-order valence-electron chi connectivity index (χ4n) is 1.33. The molecular formula is C13H20BrN. The highest BCUT2D eigenvalue weighted by Crippen LogP contribution is 2.17. The van der Waals surface area contributed by atoms with Gasteiger partial charge in [-0.15, -0.1) is 0 Å². The maximum atomic E-state index is 3.55. The molecule has 0 aliphatic heterocycles. The van der Waals surface area contributed by atoms with E-state index in [1.807, 2.05) is 0 Å². The molecule has 0 saturated heterocycles. The standard InChI is InChI=1S/C13H20BrN/c1-10-5-6-11(7-12(10)14)8-15-9-13(2,3)4/h5-7,15H,8-9H2,1-4H3. The lowest BCUT2D eigenvalue weighted by molar-refractivity contribution is 0.379. The van der Waals surface area contributed by atoms with Gasteiger partial charge in [0.15, 0.2) is 0 Å². The lowest BCUT2D eigenvalue weighted by Gasteiger charge is -2.18. The lowest BCUT2D eigenvalue weighted by atomic mass is 9.97. The van der Waals surface area contributed by atoms with Crippen LogP contribution in [-0.2, 0) is 6.54 Å². The Hall–Kier alpha value is -0.340. The quantitative estimate of drug-likeness (QED) is 0.878. The van der Waals surface area contributed by atoms with E-state index in [-0.39, 0.29) is 0 Å². The summed E-state index contributed by atoms with van der Waals surface area (Å²) < 4.78 is 1.19. The van der Waals surface area contributed by atoms with E-state index in [9.17, 15) is 0 Å². The Morgan fingerprint density at radius 1 is 1.27 bits per heavy atom. The minimum absolute atomic E-state index is 0.349. The van der Waals surface area contributed by atoms with Gasteiger partial charge in [0.1, 0.15) is 0 Å². The number of aryl methyl sites for hydroxylation is 1. The Kier molecular flexibility index (Phi) is 4.35. The summed E-state index contributed by atoms with van der Waals surface area (Å²) in [6.07, 6.45) is 0. The van der Waals surface area contributed by atoms with Crippen molar-refractivity contribution in [2.45, 2.75) is 34.2 Å². The van der Waals surface area contributed by atoms with Crippen molar-refractivity contribution in [3.8, 4) is 0 Å². The fraction of sp³-hybridized carbons (Fsp3) is 0.538. The van der Waals surface area contributed by atoms with Crippen molar-refractivity contribution in [2.24, 2.45) is 5.41 Å². The van der Waals surface area contributed by atoms with E-state index in [2.05, 4.69) is 67.1 Å². The molecule has 0 aliphatic carbocycles. The molecule has 0 atom stereocenters. The number of benzene rings is 1. The summed E-state index contributed by atoms with van der Waals surface area (Å²) in [5.41, 5.74) is 2.97. The summed E-state index contributed by atoms with van der Waals surface area (Å²) in [4.78, 5) is 0. The van der Waals surface area contributed by atoms with Crippen LogP contribution >= 0.6 is 15.9 Å². The Labute approximate surface area is 101 Å². The average molecular weight is 270 g/mol. The second kappa shape index (κ2) is 5.13. The number of rotatable bonds is 3. The molecule has 0 amide bonds. The highest BCUT2D eigenvalue weighted by molar-refractivity contribution is 9.10. The second-order valence-corrected chi connectivity index (χ2v) is 6.10. The Bertz CT molecular complexity index is 326. The number of halogens is 1. The van der Waals surface area contributed by atoms with Crippen molar-refractivity contribution >= 4 is 15.9 Å². The van der Waals surface area contributed by atoms with Gasteiger partial charge in [0, 0.05) is 17.6 Å². The maximum Gasteiger partial charge on any atom is 0.0207 e. The van der Waals surface area contributed by atoms with Crippen molar-refractivity contribution in [3.63, 3.8) is 0 Å². The van der Waals surface area contributed by atoms with Gasteiger partial charge in [-0.3, -0.25) is 0 Å². The first kappa shape index (κ1) is 12.7. The van der Waals surface area contributed by atoms with Gasteiger partial charge in [-0.1, -0.05) is 48.8 Å². The van der Waals surface area contributed by atoms with E-state index in [0.717, 1.165) is 13.1 Å². The molecule has 1 nitrogen and oxygen atoms in total. The molecule has 15 heavy (non-hydrogen) atoms. The highest BCUT2D eigenvalue weighted by atomic mass is 79.9. The third-order valence-electron chi connectivity index (χ3n) is 2.22. The zero-order valence-corrected chi connectivity index (χ0v) is 11.6. The second-order valence-electron chi connectivity index (χ2n) is 5.25. The predicted molar refractivity (Wildman–Crippen MR) is 70.0 cm³/mol. The minimum Gasteiger partial charge on any atom is -0.312 e. The van der Waals surface area contributed by atoms with Gasteiger partial charge in [0.25, 0.3) is 0 Å². The predicted octanol–water partition coefficient (Wildman–Crippen LogP) is 3.89. The first-order valence-electron chi connectivity index (χ1n) is 5.34. The molecule has 0 fully saturated rings.